The molecule has 5 heteroatoms. The average Bonchev–Trinajstić information content (AvgIpc) is 2.22. The molecule has 1 fully saturated rings. The summed E-state index contributed by atoms with van der Waals surface area (Å²) in [5.41, 5.74) is 1.28. The second-order valence-corrected chi connectivity index (χ2v) is 4.95. The van der Waals surface area contributed by atoms with Crippen molar-refractivity contribution in [3.8, 4) is 0 Å². The van der Waals surface area contributed by atoms with Gasteiger partial charge in [-0.15, -0.1) is 12.4 Å². The van der Waals surface area contributed by atoms with Crippen LogP contribution in [0.1, 0.15) is 12.5 Å². The Hall–Kier alpha value is -0.160. The average molecular weight is 307 g/mol. The molecule has 3 nitrogen and oxygen atoms in total. The largest absolute Gasteiger partial charge is 0.314 e. The first kappa shape index (κ1) is 13.9. The topological polar surface area (TPSA) is 28.2 Å². The predicted octanol–water partition coefficient (Wildman–Crippen LogP) is 2.06. The molecule has 1 N–H and O–H groups in total. The number of pyridine rings is 1. The van der Waals surface area contributed by atoms with Crippen molar-refractivity contribution in [2.24, 2.45) is 0 Å². The second kappa shape index (κ2) is 6.55. The lowest BCUT2D eigenvalue weighted by Crippen LogP contribution is -2.49. The fourth-order valence-corrected chi connectivity index (χ4v) is 2.31. The van der Waals surface area contributed by atoms with Gasteiger partial charge in [-0.25, -0.2) is 0 Å². The molecule has 0 spiro atoms. The van der Waals surface area contributed by atoms with E-state index in [0.717, 1.165) is 30.7 Å². The van der Waals surface area contributed by atoms with E-state index in [1.165, 1.54) is 5.56 Å². The molecule has 1 atom stereocenters. The van der Waals surface area contributed by atoms with E-state index in [1.807, 2.05) is 12.4 Å². The van der Waals surface area contributed by atoms with E-state index in [0.29, 0.717) is 6.04 Å². The van der Waals surface area contributed by atoms with Crippen molar-refractivity contribution in [2.45, 2.75) is 19.5 Å². The van der Waals surface area contributed by atoms with Gasteiger partial charge >= 0.3 is 0 Å². The van der Waals surface area contributed by atoms with Crippen LogP contribution in [0.25, 0.3) is 0 Å². The number of halogens is 2. The van der Waals surface area contributed by atoms with Gasteiger partial charge < -0.3 is 5.32 Å². The third kappa shape index (κ3) is 3.70. The zero-order valence-corrected chi connectivity index (χ0v) is 11.7. The monoisotopic (exact) mass is 305 g/mol. The normalized spacial score (nSPS) is 21.5. The predicted molar refractivity (Wildman–Crippen MR) is 71.9 cm³/mol. The summed E-state index contributed by atoms with van der Waals surface area (Å²) in [6, 6.07) is 2.75. The van der Waals surface area contributed by atoms with E-state index < -0.39 is 0 Å². The van der Waals surface area contributed by atoms with Gasteiger partial charge in [-0.3, -0.25) is 9.88 Å². The lowest BCUT2D eigenvalue weighted by atomic mass is 10.2. The molecule has 0 aliphatic carbocycles. The number of rotatable bonds is 2. The smallest absolute Gasteiger partial charge is 0.0410 e. The zero-order valence-electron chi connectivity index (χ0n) is 9.32. The number of nitrogens with zero attached hydrogens (tertiary/aromatic N) is 2. The van der Waals surface area contributed by atoms with Crippen LogP contribution in [0.3, 0.4) is 0 Å². The van der Waals surface area contributed by atoms with Crippen molar-refractivity contribution in [2.75, 3.05) is 19.6 Å². The Morgan fingerprint density at radius 2 is 2.38 bits per heavy atom. The van der Waals surface area contributed by atoms with E-state index in [1.54, 1.807) is 0 Å². The Balaban J connectivity index is 0.00000128. The van der Waals surface area contributed by atoms with Crippen molar-refractivity contribution in [1.82, 2.24) is 15.2 Å². The first-order valence-electron chi connectivity index (χ1n) is 5.30. The molecule has 1 unspecified atom stereocenters. The van der Waals surface area contributed by atoms with Crippen LogP contribution in [0.4, 0.5) is 0 Å². The van der Waals surface area contributed by atoms with Gasteiger partial charge in [0, 0.05) is 49.1 Å². The van der Waals surface area contributed by atoms with Gasteiger partial charge in [0.25, 0.3) is 0 Å². The van der Waals surface area contributed by atoms with Crippen molar-refractivity contribution in [3.05, 3.63) is 28.5 Å². The molecular weight excluding hydrogens is 289 g/mol. The molecule has 16 heavy (non-hydrogen) atoms. The van der Waals surface area contributed by atoms with E-state index in [-0.39, 0.29) is 12.4 Å². The van der Waals surface area contributed by atoms with Gasteiger partial charge in [0.1, 0.15) is 0 Å². The minimum Gasteiger partial charge on any atom is -0.314 e. The number of nitrogens with one attached hydrogen (secondary N) is 1. The van der Waals surface area contributed by atoms with Crippen molar-refractivity contribution in [3.63, 3.8) is 0 Å². The Labute approximate surface area is 111 Å². The highest BCUT2D eigenvalue weighted by molar-refractivity contribution is 9.10. The lowest BCUT2D eigenvalue weighted by molar-refractivity contribution is 0.165. The molecule has 1 aliphatic heterocycles. The summed E-state index contributed by atoms with van der Waals surface area (Å²) >= 11 is 3.45. The molecule has 1 aliphatic rings. The summed E-state index contributed by atoms with van der Waals surface area (Å²) in [5.74, 6) is 0. The van der Waals surface area contributed by atoms with Crippen LogP contribution in [-0.4, -0.2) is 35.6 Å². The Morgan fingerprint density at radius 3 is 3.06 bits per heavy atom. The summed E-state index contributed by atoms with van der Waals surface area (Å²) in [4.78, 5) is 6.67. The molecule has 2 rings (SSSR count). The molecule has 0 saturated carbocycles. The van der Waals surface area contributed by atoms with Gasteiger partial charge in [-0.05, 0) is 34.5 Å². The zero-order chi connectivity index (χ0) is 10.7. The summed E-state index contributed by atoms with van der Waals surface area (Å²) in [7, 11) is 0. The van der Waals surface area contributed by atoms with Crippen molar-refractivity contribution >= 4 is 28.3 Å². The SMILES string of the molecule is CC1CNCCN1Cc1cncc(Br)c1.Cl. The lowest BCUT2D eigenvalue weighted by Gasteiger charge is -2.33. The van der Waals surface area contributed by atoms with Crippen LogP contribution in [0.2, 0.25) is 0 Å². The van der Waals surface area contributed by atoms with Crippen LogP contribution in [0, 0.1) is 0 Å². The molecule has 1 aromatic heterocycles. The standard InChI is InChI=1S/C11H16BrN3.ClH/c1-9-5-13-2-3-15(9)8-10-4-11(12)7-14-6-10;/h4,6-7,9,13H,2-3,5,8H2,1H3;1H. The van der Waals surface area contributed by atoms with E-state index in [4.69, 9.17) is 0 Å². The van der Waals surface area contributed by atoms with E-state index in [2.05, 4.69) is 44.1 Å². The van der Waals surface area contributed by atoms with Gasteiger partial charge in [-0.1, -0.05) is 0 Å². The summed E-state index contributed by atoms with van der Waals surface area (Å²) < 4.78 is 1.06. The molecular formula is C11H17BrClN3. The van der Waals surface area contributed by atoms with Crippen molar-refractivity contribution in [1.29, 1.82) is 0 Å². The number of aromatic nitrogens is 1. The third-order valence-electron chi connectivity index (χ3n) is 2.79. The molecule has 2 heterocycles. The van der Waals surface area contributed by atoms with Gasteiger partial charge in [0.2, 0.25) is 0 Å². The second-order valence-electron chi connectivity index (χ2n) is 4.04. The highest BCUT2D eigenvalue weighted by atomic mass is 79.9. The Morgan fingerprint density at radius 1 is 1.56 bits per heavy atom. The highest BCUT2D eigenvalue weighted by Crippen LogP contribution is 2.13. The van der Waals surface area contributed by atoms with E-state index >= 15 is 0 Å². The molecule has 1 aromatic rings. The molecule has 90 valence electrons. The van der Waals surface area contributed by atoms with Crippen LogP contribution >= 0.6 is 28.3 Å². The van der Waals surface area contributed by atoms with Crippen molar-refractivity contribution < 1.29 is 0 Å². The fraction of sp³-hybridized carbons (Fsp3) is 0.545. The van der Waals surface area contributed by atoms with Crippen LogP contribution in [-0.2, 0) is 6.54 Å². The Kier molecular flexibility index (Phi) is 5.69. The Bertz CT molecular complexity index is 335. The third-order valence-corrected chi connectivity index (χ3v) is 3.22. The molecule has 0 aromatic carbocycles. The highest BCUT2D eigenvalue weighted by Gasteiger charge is 2.17. The summed E-state index contributed by atoms with van der Waals surface area (Å²) in [6.45, 7) is 6.55. The maximum Gasteiger partial charge on any atom is 0.0410 e. The van der Waals surface area contributed by atoms with Crippen LogP contribution in [0.15, 0.2) is 22.9 Å². The molecule has 0 radical (unpaired) electrons. The quantitative estimate of drug-likeness (QED) is 0.906. The van der Waals surface area contributed by atoms with Crippen LogP contribution in [0.5, 0.6) is 0 Å². The molecule has 0 bridgehead atoms. The maximum atomic E-state index is 4.19. The maximum absolute atomic E-state index is 4.19. The number of hydrogen-bond donors (Lipinski definition) is 1. The van der Waals surface area contributed by atoms with Gasteiger partial charge in [0.15, 0.2) is 0 Å². The summed E-state index contributed by atoms with van der Waals surface area (Å²) in [5, 5.41) is 3.40. The van der Waals surface area contributed by atoms with Crippen LogP contribution < -0.4 is 5.32 Å². The summed E-state index contributed by atoms with van der Waals surface area (Å²) in [6.07, 6.45) is 3.77. The first-order valence-corrected chi connectivity index (χ1v) is 6.09. The molecule has 1 saturated heterocycles. The molecule has 0 amide bonds. The van der Waals surface area contributed by atoms with Gasteiger partial charge in [0.05, 0.1) is 0 Å². The fourth-order valence-electron chi connectivity index (χ4n) is 1.89. The number of piperazine rings is 1. The minimum atomic E-state index is 0. The first-order chi connectivity index (χ1) is 7.25. The minimum absolute atomic E-state index is 0. The van der Waals surface area contributed by atoms with Gasteiger partial charge in [-0.2, -0.15) is 0 Å². The van der Waals surface area contributed by atoms with E-state index in [9.17, 15) is 0 Å². The number of hydrogen-bond acceptors (Lipinski definition) is 3.